The van der Waals surface area contributed by atoms with E-state index in [0.29, 0.717) is 12.3 Å². The maximum absolute atomic E-state index is 12.1. The van der Waals surface area contributed by atoms with E-state index in [2.05, 4.69) is 15.4 Å². The van der Waals surface area contributed by atoms with E-state index in [0.717, 1.165) is 12.2 Å². The number of carbonyl (C=O) groups is 1. The molecule has 1 amide bonds. The van der Waals surface area contributed by atoms with Crippen molar-refractivity contribution >= 4 is 11.6 Å². The predicted octanol–water partition coefficient (Wildman–Crippen LogP) is 2.27. The summed E-state index contributed by atoms with van der Waals surface area (Å²) < 4.78 is 7.04. The SMILES string of the molecule is CCCOc1cccc(NC(=O)[C@@H](C)n2cncn2)c1. The predicted molar refractivity (Wildman–Crippen MR) is 75.6 cm³/mol. The molecule has 6 heteroatoms. The fraction of sp³-hybridized carbons (Fsp3) is 0.357. The Morgan fingerprint density at radius 2 is 2.35 bits per heavy atom. The van der Waals surface area contributed by atoms with Gasteiger partial charge in [-0.25, -0.2) is 9.67 Å². The molecule has 1 aromatic carbocycles. The zero-order valence-electron chi connectivity index (χ0n) is 11.6. The zero-order chi connectivity index (χ0) is 14.4. The van der Waals surface area contributed by atoms with Crippen molar-refractivity contribution < 1.29 is 9.53 Å². The van der Waals surface area contributed by atoms with Crippen LogP contribution in [0.15, 0.2) is 36.9 Å². The van der Waals surface area contributed by atoms with E-state index in [1.165, 1.54) is 17.3 Å². The molecular formula is C14H18N4O2. The number of aromatic nitrogens is 3. The number of hydrogen-bond donors (Lipinski definition) is 1. The number of rotatable bonds is 6. The van der Waals surface area contributed by atoms with Gasteiger partial charge in [0.15, 0.2) is 0 Å². The van der Waals surface area contributed by atoms with Crippen LogP contribution >= 0.6 is 0 Å². The molecule has 6 nitrogen and oxygen atoms in total. The van der Waals surface area contributed by atoms with Gasteiger partial charge in [0.05, 0.1) is 6.61 Å². The van der Waals surface area contributed by atoms with Crippen molar-refractivity contribution in [1.82, 2.24) is 14.8 Å². The van der Waals surface area contributed by atoms with E-state index in [9.17, 15) is 4.79 Å². The molecule has 0 fully saturated rings. The van der Waals surface area contributed by atoms with Crippen LogP contribution in [0.2, 0.25) is 0 Å². The number of nitrogens with zero attached hydrogens (tertiary/aromatic N) is 3. The molecule has 0 saturated carbocycles. The Kier molecular flexibility index (Phi) is 4.70. The highest BCUT2D eigenvalue weighted by Crippen LogP contribution is 2.18. The van der Waals surface area contributed by atoms with Gasteiger partial charge in [0.25, 0.3) is 0 Å². The largest absolute Gasteiger partial charge is 0.494 e. The first-order chi connectivity index (χ1) is 9.70. The van der Waals surface area contributed by atoms with Crippen LogP contribution < -0.4 is 10.1 Å². The average molecular weight is 274 g/mol. The smallest absolute Gasteiger partial charge is 0.249 e. The Balaban J connectivity index is 2.00. The molecule has 0 bridgehead atoms. The van der Waals surface area contributed by atoms with Gasteiger partial charge in [-0.15, -0.1) is 0 Å². The number of hydrogen-bond acceptors (Lipinski definition) is 4. The van der Waals surface area contributed by atoms with Crippen LogP contribution in [0.1, 0.15) is 26.3 Å². The van der Waals surface area contributed by atoms with Crippen LogP contribution in [0.3, 0.4) is 0 Å². The van der Waals surface area contributed by atoms with Gasteiger partial charge in [-0.05, 0) is 25.5 Å². The maximum atomic E-state index is 12.1. The van der Waals surface area contributed by atoms with Gasteiger partial charge in [0.2, 0.25) is 5.91 Å². The van der Waals surface area contributed by atoms with E-state index in [-0.39, 0.29) is 5.91 Å². The summed E-state index contributed by atoms with van der Waals surface area (Å²) in [6.45, 7) is 4.47. The number of benzene rings is 1. The topological polar surface area (TPSA) is 69.0 Å². The summed E-state index contributed by atoms with van der Waals surface area (Å²) in [5, 5.41) is 6.80. The highest BCUT2D eigenvalue weighted by Gasteiger charge is 2.15. The first kappa shape index (κ1) is 14.0. The number of carbonyl (C=O) groups excluding carboxylic acids is 1. The van der Waals surface area contributed by atoms with Crippen molar-refractivity contribution in [2.45, 2.75) is 26.3 Å². The molecule has 0 aliphatic rings. The lowest BCUT2D eigenvalue weighted by atomic mass is 10.2. The van der Waals surface area contributed by atoms with E-state index in [4.69, 9.17) is 4.74 Å². The summed E-state index contributed by atoms with van der Waals surface area (Å²) in [6.07, 6.45) is 3.87. The van der Waals surface area contributed by atoms with Crippen LogP contribution in [0.4, 0.5) is 5.69 Å². The molecular weight excluding hydrogens is 256 g/mol. The van der Waals surface area contributed by atoms with Gasteiger partial charge >= 0.3 is 0 Å². The van der Waals surface area contributed by atoms with Crippen molar-refractivity contribution in [3.05, 3.63) is 36.9 Å². The quantitative estimate of drug-likeness (QED) is 0.877. The van der Waals surface area contributed by atoms with Gasteiger partial charge in [-0.2, -0.15) is 5.10 Å². The minimum Gasteiger partial charge on any atom is -0.494 e. The van der Waals surface area contributed by atoms with E-state index in [1.807, 2.05) is 31.2 Å². The van der Waals surface area contributed by atoms with E-state index < -0.39 is 6.04 Å². The summed E-state index contributed by atoms with van der Waals surface area (Å²) in [7, 11) is 0. The van der Waals surface area contributed by atoms with Crippen LogP contribution in [0, 0.1) is 0 Å². The van der Waals surface area contributed by atoms with Crippen LogP contribution in [-0.4, -0.2) is 27.3 Å². The number of anilines is 1. The van der Waals surface area contributed by atoms with Crippen molar-refractivity contribution in [2.75, 3.05) is 11.9 Å². The van der Waals surface area contributed by atoms with Crippen molar-refractivity contribution in [3.8, 4) is 5.75 Å². The van der Waals surface area contributed by atoms with Gasteiger partial charge in [-0.1, -0.05) is 13.0 Å². The molecule has 20 heavy (non-hydrogen) atoms. The van der Waals surface area contributed by atoms with Crippen molar-refractivity contribution in [2.24, 2.45) is 0 Å². The van der Waals surface area contributed by atoms with Gasteiger partial charge in [0.1, 0.15) is 24.4 Å². The lowest BCUT2D eigenvalue weighted by molar-refractivity contribution is -0.119. The normalized spacial score (nSPS) is 11.9. The third-order valence-electron chi connectivity index (χ3n) is 2.79. The van der Waals surface area contributed by atoms with E-state index >= 15 is 0 Å². The highest BCUT2D eigenvalue weighted by molar-refractivity contribution is 5.93. The minimum atomic E-state index is -0.419. The standard InChI is InChI=1S/C14H18N4O2/c1-3-7-20-13-6-4-5-12(8-13)17-14(19)11(2)18-10-15-9-16-18/h4-6,8-11H,3,7H2,1-2H3,(H,17,19)/t11-/m1/s1. The molecule has 0 spiro atoms. The molecule has 2 rings (SSSR count). The monoisotopic (exact) mass is 274 g/mol. The summed E-state index contributed by atoms with van der Waals surface area (Å²) in [6, 6.07) is 6.93. The molecule has 0 unspecified atom stereocenters. The molecule has 106 valence electrons. The Hall–Kier alpha value is -2.37. The molecule has 0 aliphatic carbocycles. The molecule has 1 atom stereocenters. The van der Waals surface area contributed by atoms with Gasteiger partial charge in [-0.3, -0.25) is 4.79 Å². The first-order valence-electron chi connectivity index (χ1n) is 6.58. The fourth-order valence-corrected chi connectivity index (χ4v) is 1.67. The van der Waals surface area contributed by atoms with Crippen molar-refractivity contribution in [3.63, 3.8) is 0 Å². The Labute approximate surface area is 117 Å². The number of nitrogens with one attached hydrogen (secondary N) is 1. The number of ether oxygens (including phenoxy) is 1. The summed E-state index contributed by atoms with van der Waals surface area (Å²) in [5.41, 5.74) is 0.704. The van der Waals surface area contributed by atoms with Crippen LogP contribution in [0.25, 0.3) is 0 Å². The van der Waals surface area contributed by atoms with Crippen LogP contribution in [0.5, 0.6) is 5.75 Å². The average Bonchev–Trinajstić information content (AvgIpc) is 2.98. The summed E-state index contributed by atoms with van der Waals surface area (Å²) in [5.74, 6) is 0.598. The van der Waals surface area contributed by atoms with E-state index in [1.54, 1.807) is 6.92 Å². The van der Waals surface area contributed by atoms with Gasteiger partial charge < -0.3 is 10.1 Å². The van der Waals surface area contributed by atoms with Gasteiger partial charge in [0, 0.05) is 11.8 Å². The molecule has 0 radical (unpaired) electrons. The minimum absolute atomic E-state index is 0.150. The third-order valence-corrected chi connectivity index (χ3v) is 2.79. The molecule has 0 aliphatic heterocycles. The summed E-state index contributed by atoms with van der Waals surface area (Å²) in [4.78, 5) is 15.9. The zero-order valence-corrected chi connectivity index (χ0v) is 11.6. The first-order valence-corrected chi connectivity index (χ1v) is 6.58. The maximum Gasteiger partial charge on any atom is 0.249 e. The summed E-state index contributed by atoms with van der Waals surface area (Å²) >= 11 is 0. The van der Waals surface area contributed by atoms with Crippen molar-refractivity contribution in [1.29, 1.82) is 0 Å². The lowest BCUT2D eigenvalue weighted by Gasteiger charge is -2.13. The molecule has 1 N–H and O–H groups in total. The lowest BCUT2D eigenvalue weighted by Crippen LogP contribution is -2.24. The third kappa shape index (κ3) is 3.57. The highest BCUT2D eigenvalue weighted by atomic mass is 16.5. The molecule has 0 saturated heterocycles. The Morgan fingerprint density at radius 1 is 1.50 bits per heavy atom. The second-order valence-corrected chi connectivity index (χ2v) is 4.42. The Bertz CT molecular complexity index is 554. The number of amides is 1. The second kappa shape index (κ2) is 6.70. The Morgan fingerprint density at radius 3 is 3.05 bits per heavy atom. The fourth-order valence-electron chi connectivity index (χ4n) is 1.67. The molecule has 1 aromatic heterocycles. The second-order valence-electron chi connectivity index (χ2n) is 4.42. The molecule has 2 aromatic rings. The molecule has 1 heterocycles. The van der Waals surface area contributed by atoms with Crippen LogP contribution in [-0.2, 0) is 4.79 Å².